The summed E-state index contributed by atoms with van der Waals surface area (Å²) in [7, 11) is 0. The third kappa shape index (κ3) is 3.08. The quantitative estimate of drug-likeness (QED) is 0.689. The number of aromatic nitrogens is 3. The van der Waals surface area contributed by atoms with Crippen LogP contribution in [-0.2, 0) is 6.54 Å². The zero-order valence-electron chi connectivity index (χ0n) is 13.9. The van der Waals surface area contributed by atoms with Crippen molar-refractivity contribution in [3.8, 4) is 0 Å². The third-order valence-corrected chi connectivity index (χ3v) is 4.08. The Kier molecular flexibility index (Phi) is 4.20. The Morgan fingerprint density at radius 3 is 2.83 bits per heavy atom. The first-order valence-electron chi connectivity index (χ1n) is 7.90. The summed E-state index contributed by atoms with van der Waals surface area (Å²) < 4.78 is 0. The van der Waals surface area contributed by atoms with E-state index < -0.39 is 11.5 Å². The Bertz CT molecular complexity index is 953. The van der Waals surface area contributed by atoms with Gasteiger partial charge in [-0.3, -0.25) is 14.7 Å². The Morgan fingerprint density at radius 1 is 1.29 bits per heavy atom. The van der Waals surface area contributed by atoms with Gasteiger partial charge in [0, 0.05) is 17.6 Å². The predicted octanol–water partition coefficient (Wildman–Crippen LogP) is 2.61. The minimum Gasteiger partial charge on any atom is -0.348 e. The standard InChI is InChI=1S/C18H20N4O2/c1-10(2)13-6-4-5-12(7-13)9-19-17(23)15-8-14-11(3)21-22-16(14)20-18(15)24/h4-8,10H,9H2,1-3H3,(H,19,23)(H2,20,21,22,24). The third-order valence-electron chi connectivity index (χ3n) is 4.08. The molecule has 0 radical (unpaired) electrons. The van der Waals surface area contributed by atoms with Gasteiger partial charge in [0.15, 0.2) is 5.65 Å². The second kappa shape index (κ2) is 6.31. The van der Waals surface area contributed by atoms with E-state index >= 15 is 0 Å². The molecule has 0 aliphatic carbocycles. The van der Waals surface area contributed by atoms with Crippen LogP contribution in [0.25, 0.3) is 11.0 Å². The molecule has 0 fully saturated rings. The normalized spacial score (nSPS) is 11.2. The molecule has 3 aromatic rings. The number of aromatic amines is 2. The lowest BCUT2D eigenvalue weighted by molar-refractivity contribution is 0.0949. The molecule has 0 atom stereocenters. The summed E-state index contributed by atoms with van der Waals surface area (Å²) in [5.41, 5.74) is 3.13. The van der Waals surface area contributed by atoms with E-state index in [0.717, 1.165) is 16.6 Å². The van der Waals surface area contributed by atoms with E-state index in [9.17, 15) is 9.59 Å². The monoisotopic (exact) mass is 324 g/mol. The number of H-pyrrole nitrogens is 2. The van der Waals surface area contributed by atoms with Crippen molar-refractivity contribution in [3.05, 3.63) is 63.1 Å². The maximum Gasteiger partial charge on any atom is 0.262 e. The van der Waals surface area contributed by atoms with E-state index in [-0.39, 0.29) is 5.56 Å². The Balaban J connectivity index is 1.80. The molecule has 124 valence electrons. The molecule has 0 saturated heterocycles. The minimum absolute atomic E-state index is 0.0898. The molecule has 6 heteroatoms. The highest BCUT2D eigenvalue weighted by molar-refractivity contribution is 5.97. The lowest BCUT2D eigenvalue weighted by Crippen LogP contribution is -2.29. The van der Waals surface area contributed by atoms with Crippen molar-refractivity contribution in [2.24, 2.45) is 0 Å². The summed E-state index contributed by atoms with van der Waals surface area (Å²) in [4.78, 5) is 27.1. The number of benzene rings is 1. The van der Waals surface area contributed by atoms with Crippen molar-refractivity contribution in [1.29, 1.82) is 0 Å². The zero-order valence-corrected chi connectivity index (χ0v) is 13.9. The van der Waals surface area contributed by atoms with Gasteiger partial charge in [-0.2, -0.15) is 5.10 Å². The molecule has 3 N–H and O–H groups in total. The van der Waals surface area contributed by atoms with Crippen LogP contribution in [0, 0.1) is 6.92 Å². The summed E-state index contributed by atoms with van der Waals surface area (Å²) >= 11 is 0. The van der Waals surface area contributed by atoms with E-state index in [4.69, 9.17) is 0 Å². The van der Waals surface area contributed by atoms with E-state index in [1.165, 1.54) is 5.56 Å². The zero-order chi connectivity index (χ0) is 17.3. The number of nitrogens with zero attached hydrogens (tertiary/aromatic N) is 1. The van der Waals surface area contributed by atoms with Crippen molar-refractivity contribution in [2.45, 2.75) is 33.2 Å². The number of amides is 1. The number of pyridine rings is 1. The molecule has 0 unspecified atom stereocenters. The fourth-order valence-electron chi connectivity index (χ4n) is 2.60. The summed E-state index contributed by atoms with van der Waals surface area (Å²) in [6.45, 7) is 6.47. The summed E-state index contributed by atoms with van der Waals surface area (Å²) in [5, 5.41) is 10.3. The van der Waals surface area contributed by atoms with Crippen LogP contribution in [0.2, 0.25) is 0 Å². The first-order chi connectivity index (χ1) is 11.5. The minimum atomic E-state index is -0.442. The summed E-state index contributed by atoms with van der Waals surface area (Å²) in [5.74, 6) is 0.0312. The lowest BCUT2D eigenvalue weighted by atomic mass is 10.0. The van der Waals surface area contributed by atoms with E-state index in [1.54, 1.807) is 6.07 Å². The average molecular weight is 324 g/mol. The van der Waals surface area contributed by atoms with E-state index in [2.05, 4.69) is 46.5 Å². The Morgan fingerprint density at radius 2 is 2.08 bits per heavy atom. The molecule has 0 aliphatic heterocycles. The van der Waals surface area contributed by atoms with Crippen molar-refractivity contribution < 1.29 is 4.79 Å². The van der Waals surface area contributed by atoms with Gasteiger partial charge in [-0.25, -0.2) is 0 Å². The maximum atomic E-state index is 12.4. The molecular weight excluding hydrogens is 304 g/mol. The van der Waals surface area contributed by atoms with Crippen LogP contribution in [0.1, 0.15) is 46.9 Å². The van der Waals surface area contributed by atoms with Crippen LogP contribution in [0.15, 0.2) is 35.1 Å². The van der Waals surface area contributed by atoms with Crippen molar-refractivity contribution in [1.82, 2.24) is 20.5 Å². The van der Waals surface area contributed by atoms with Crippen LogP contribution in [-0.4, -0.2) is 21.1 Å². The van der Waals surface area contributed by atoms with Gasteiger partial charge in [0.05, 0.1) is 0 Å². The number of rotatable bonds is 4. The number of nitrogens with one attached hydrogen (secondary N) is 3. The predicted molar refractivity (Wildman–Crippen MR) is 93.2 cm³/mol. The molecule has 2 aromatic heterocycles. The molecule has 0 spiro atoms. The van der Waals surface area contributed by atoms with Crippen LogP contribution in [0.3, 0.4) is 0 Å². The molecule has 0 saturated carbocycles. The van der Waals surface area contributed by atoms with E-state index in [0.29, 0.717) is 18.1 Å². The van der Waals surface area contributed by atoms with Crippen molar-refractivity contribution in [3.63, 3.8) is 0 Å². The van der Waals surface area contributed by atoms with Gasteiger partial charge < -0.3 is 10.3 Å². The summed E-state index contributed by atoms with van der Waals surface area (Å²) in [6, 6.07) is 9.64. The van der Waals surface area contributed by atoms with Crippen LogP contribution in [0.5, 0.6) is 0 Å². The number of carbonyl (C=O) groups excluding carboxylic acids is 1. The first kappa shape index (κ1) is 16.0. The molecule has 1 aromatic carbocycles. The highest BCUT2D eigenvalue weighted by Gasteiger charge is 2.14. The fourth-order valence-corrected chi connectivity index (χ4v) is 2.60. The number of fused-ring (bicyclic) bond motifs is 1. The van der Waals surface area contributed by atoms with Crippen molar-refractivity contribution >= 4 is 16.9 Å². The second-order valence-corrected chi connectivity index (χ2v) is 6.21. The Labute approximate surface area is 139 Å². The van der Waals surface area contributed by atoms with Gasteiger partial charge in [0.25, 0.3) is 11.5 Å². The smallest absolute Gasteiger partial charge is 0.262 e. The maximum absolute atomic E-state index is 12.4. The van der Waals surface area contributed by atoms with E-state index in [1.807, 2.05) is 19.1 Å². The molecule has 0 aliphatic rings. The van der Waals surface area contributed by atoms with Gasteiger partial charge in [0.1, 0.15) is 5.56 Å². The lowest BCUT2D eigenvalue weighted by Gasteiger charge is -2.09. The van der Waals surface area contributed by atoms with Crippen molar-refractivity contribution in [2.75, 3.05) is 0 Å². The molecular formula is C18H20N4O2. The molecule has 2 heterocycles. The molecule has 0 bridgehead atoms. The molecule has 6 nitrogen and oxygen atoms in total. The number of aryl methyl sites for hydroxylation is 1. The van der Waals surface area contributed by atoms with Gasteiger partial charge in [-0.1, -0.05) is 38.1 Å². The molecule has 3 rings (SSSR count). The van der Waals surface area contributed by atoms with Gasteiger partial charge in [-0.05, 0) is 30.0 Å². The second-order valence-electron chi connectivity index (χ2n) is 6.21. The highest BCUT2D eigenvalue weighted by Crippen LogP contribution is 2.16. The highest BCUT2D eigenvalue weighted by atomic mass is 16.2. The Hall–Kier alpha value is -2.89. The number of carbonyl (C=O) groups is 1. The van der Waals surface area contributed by atoms with Gasteiger partial charge >= 0.3 is 0 Å². The van der Waals surface area contributed by atoms with Gasteiger partial charge in [-0.15, -0.1) is 0 Å². The van der Waals surface area contributed by atoms with Crippen LogP contribution < -0.4 is 10.9 Å². The topological polar surface area (TPSA) is 90.6 Å². The largest absolute Gasteiger partial charge is 0.348 e. The summed E-state index contributed by atoms with van der Waals surface area (Å²) in [6.07, 6.45) is 0. The first-order valence-corrected chi connectivity index (χ1v) is 7.90. The number of hydrogen-bond acceptors (Lipinski definition) is 3. The van der Waals surface area contributed by atoms with Crippen LogP contribution >= 0.6 is 0 Å². The van der Waals surface area contributed by atoms with Gasteiger partial charge in [0.2, 0.25) is 0 Å². The SMILES string of the molecule is Cc1[nH]nc2[nH]c(=O)c(C(=O)NCc3cccc(C(C)C)c3)cc12. The molecule has 24 heavy (non-hydrogen) atoms. The number of hydrogen-bond donors (Lipinski definition) is 3. The average Bonchev–Trinajstić information content (AvgIpc) is 2.92. The van der Waals surface area contributed by atoms with Crippen LogP contribution in [0.4, 0.5) is 0 Å². The fraction of sp³-hybridized carbons (Fsp3) is 0.278. The molecule has 1 amide bonds.